The third kappa shape index (κ3) is 5.63. The van der Waals surface area contributed by atoms with E-state index in [1.165, 1.54) is 0 Å². The van der Waals surface area contributed by atoms with Gasteiger partial charge in [0.2, 0.25) is 15.9 Å². The van der Waals surface area contributed by atoms with Crippen LogP contribution in [0.1, 0.15) is 31.7 Å². The predicted octanol–water partition coefficient (Wildman–Crippen LogP) is 3.76. The molecule has 1 aliphatic rings. The summed E-state index contributed by atoms with van der Waals surface area (Å²) < 4.78 is 26.8. The summed E-state index contributed by atoms with van der Waals surface area (Å²) in [7, 11) is 0.108. The van der Waals surface area contributed by atoms with Gasteiger partial charge < -0.3 is 15.1 Å². The van der Waals surface area contributed by atoms with Crippen LogP contribution in [0.15, 0.2) is 53.9 Å². The van der Waals surface area contributed by atoms with Gasteiger partial charge in [-0.2, -0.15) is 5.26 Å². The lowest BCUT2D eigenvalue weighted by molar-refractivity contribution is -0.120. The highest BCUT2D eigenvalue weighted by molar-refractivity contribution is 7.92. The first kappa shape index (κ1) is 25.8. The van der Waals surface area contributed by atoms with Crippen LogP contribution in [0, 0.1) is 18.3 Å². The summed E-state index contributed by atoms with van der Waals surface area (Å²) in [6.45, 7) is 3.48. The fourth-order valence-corrected chi connectivity index (χ4v) is 5.19. The molecule has 0 saturated carbocycles. The van der Waals surface area contributed by atoms with Gasteiger partial charge in [0.1, 0.15) is 17.5 Å². The van der Waals surface area contributed by atoms with Crippen molar-refractivity contribution >= 4 is 44.5 Å². The predicted molar refractivity (Wildman–Crippen MR) is 138 cm³/mol. The lowest BCUT2D eigenvalue weighted by Crippen LogP contribution is -2.26. The number of nitrogens with one attached hydrogen (secondary N) is 2. The van der Waals surface area contributed by atoms with Crippen LogP contribution < -0.4 is 19.8 Å². The molecule has 0 radical (unpaired) electrons. The minimum atomic E-state index is -3.47. The molecule has 10 heteroatoms. The molecule has 0 fully saturated rings. The lowest BCUT2D eigenvalue weighted by atomic mass is 10.1. The zero-order chi connectivity index (χ0) is 25.8. The van der Waals surface area contributed by atoms with E-state index in [9.17, 15) is 23.3 Å². The molecular weight excluding hydrogens is 466 g/mol. The average molecular weight is 496 g/mol. The van der Waals surface area contributed by atoms with Crippen molar-refractivity contribution in [1.82, 2.24) is 0 Å². The van der Waals surface area contributed by atoms with Gasteiger partial charge in [0.15, 0.2) is 5.78 Å². The van der Waals surface area contributed by atoms with Crippen LogP contribution in [0.2, 0.25) is 0 Å². The number of nitrogens with zero attached hydrogens (tertiary/aromatic N) is 3. The number of allylic oxidation sites excluding steroid dienone is 1. The van der Waals surface area contributed by atoms with E-state index in [1.54, 1.807) is 55.9 Å². The number of anilines is 4. The van der Waals surface area contributed by atoms with Crippen molar-refractivity contribution in [3.63, 3.8) is 0 Å². The normalized spacial score (nSPS) is 12.7. The van der Waals surface area contributed by atoms with Crippen molar-refractivity contribution in [2.45, 2.75) is 33.1 Å². The Hall–Kier alpha value is -3.84. The van der Waals surface area contributed by atoms with Gasteiger partial charge in [-0.05, 0) is 43.2 Å². The number of hydrogen-bond acceptors (Lipinski definition) is 7. The highest BCUT2D eigenvalue weighted by atomic mass is 32.2. The molecule has 2 aromatic rings. The topological polar surface area (TPSA) is 123 Å². The Bertz CT molecular complexity index is 1300. The van der Waals surface area contributed by atoms with Gasteiger partial charge in [0.05, 0.1) is 22.8 Å². The van der Waals surface area contributed by atoms with Crippen molar-refractivity contribution < 1.29 is 18.0 Å². The number of carbonyl (C=O) groups excluding carboxylic acids is 2. The number of Topliss-reactive ketones (excluding diaryl/α,β-unsaturated/α-hetero) is 1. The smallest absolute Gasteiger partial charge is 0.232 e. The van der Waals surface area contributed by atoms with Crippen LogP contribution in [-0.2, 0) is 19.6 Å². The molecule has 35 heavy (non-hydrogen) atoms. The second kappa shape index (κ2) is 10.6. The number of para-hydroxylation sites is 2. The monoisotopic (exact) mass is 495 g/mol. The molecule has 184 valence electrons. The summed E-state index contributed by atoms with van der Waals surface area (Å²) in [5.74, 6) is -0.366. The molecule has 0 unspecified atom stereocenters. The third-order valence-corrected chi connectivity index (χ3v) is 7.26. The second-order valence-corrected chi connectivity index (χ2v) is 10.1. The van der Waals surface area contributed by atoms with E-state index in [0.29, 0.717) is 29.2 Å². The van der Waals surface area contributed by atoms with Crippen molar-refractivity contribution in [2.24, 2.45) is 0 Å². The number of nitriles is 1. The molecule has 0 aliphatic carbocycles. The standard InChI is InChI=1S/C25H29N5O4S/c1-5-15-35(33,34)28-20-10-8-9-19(17(20)2)27-24(32)14-13-23(31)18(16-26)25-29(3)21-11-6-7-12-22(21)30(25)4/h6-12,28H,5,13-15H2,1-4H3,(H,27,32). The van der Waals surface area contributed by atoms with Crippen molar-refractivity contribution in [2.75, 3.05) is 39.7 Å². The van der Waals surface area contributed by atoms with Crippen LogP contribution in [0.4, 0.5) is 22.7 Å². The van der Waals surface area contributed by atoms with E-state index in [0.717, 1.165) is 11.4 Å². The van der Waals surface area contributed by atoms with Gasteiger partial charge >= 0.3 is 0 Å². The zero-order valence-corrected chi connectivity index (χ0v) is 21.1. The number of benzene rings is 2. The number of rotatable bonds is 9. The molecular formula is C25H29N5O4S. The summed E-state index contributed by atoms with van der Waals surface area (Å²) in [5.41, 5.74) is 3.15. The fourth-order valence-electron chi connectivity index (χ4n) is 3.99. The number of ketones is 1. The van der Waals surface area contributed by atoms with Gasteiger partial charge in [-0.1, -0.05) is 25.1 Å². The molecule has 0 atom stereocenters. The first-order valence-electron chi connectivity index (χ1n) is 11.2. The van der Waals surface area contributed by atoms with Crippen LogP contribution in [0.3, 0.4) is 0 Å². The first-order chi connectivity index (χ1) is 16.6. The highest BCUT2D eigenvalue weighted by Crippen LogP contribution is 2.40. The molecule has 0 spiro atoms. The molecule has 1 aliphatic heterocycles. The Balaban J connectivity index is 1.69. The molecule has 2 N–H and O–H groups in total. The molecule has 1 heterocycles. The Kier molecular flexibility index (Phi) is 7.82. The zero-order valence-electron chi connectivity index (χ0n) is 20.3. The van der Waals surface area contributed by atoms with Crippen LogP contribution in [-0.4, -0.2) is 40.0 Å². The van der Waals surface area contributed by atoms with Crippen molar-refractivity contribution in [3.05, 3.63) is 59.4 Å². The number of fused-ring (bicyclic) bond motifs is 1. The van der Waals surface area contributed by atoms with E-state index in [2.05, 4.69) is 10.0 Å². The van der Waals surface area contributed by atoms with Crippen LogP contribution >= 0.6 is 0 Å². The van der Waals surface area contributed by atoms with E-state index in [4.69, 9.17) is 0 Å². The highest BCUT2D eigenvalue weighted by Gasteiger charge is 2.31. The number of hydrogen-bond donors (Lipinski definition) is 2. The fraction of sp³-hybridized carbons (Fsp3) is 0.320. The van der Waals surface area contributed by atoms with Gasteiger partial charge in [-0.3, -0.25) is 14.3 Å². The van der Waals surface area contributed by atoms with E-state index in [-0.39, 0.29) is 24.2 Å². The maximum Gasteiger partial charge on any atom is 0.232 e. The molecule has 0 bridgehead atoms. The van der Waals surface area contributed by atoms with E-state index in [1.807, 2.05) is 30.3 Å². The summed E-state index contributed by atoms with van der Waals surface area (Å²) >= 11 is 0. The molecule has 9 nitrogen and oxygen atoms in total. The van der Waals surface area contributed by atoms with Crippen LogP contribution in [0.5, 0.6) is 0 Å². The number of amides is 1. The molecule has 1 amide bonds. The maximum atomic E-state index is 12.9. The lowest BCUT2D eigenvalue weighted by Gasteiger charge is -2.20. The quantitative estimate of drug-likeness (QED) is 0.401. The summed E-state index contributed by atoms with van der Waals surface area (Å²) in [5, 5.41) is 12.5. The molecule has 3 rings (SSSR count). The molecule has 0 aromatic heterocycles. The van der Waals surface area contributed by atoms with Gasteiger partial charge in [-0.15, -0.1) is 0 Å². The van der Waals surface area contributed by atoms with E-state index >= 15 is 0 Å². The SMILES string of the molecule is CCCS(=O)(=O)Nc1cccc(NC(=O)CCC(=O)C(C#N)=C2N(C)c3ccccc3N2C)c1C. The Labute approximate surface area is 206 Å². The summed E-state index contributed by atoms with van der Waals surface area (Å²) in [6, 6.07) is 14.5. The van der Waals surface area contributed by atoms with Crippen LogP contribution in [0.25, 0.3) is 0 Å². The molecule has 2 aromatic carbocycles. The largest absolute Gasteiger partial charge is 0.328 e. The Morgan fingerprint density at radius 2 is 1.57 bits per heavy atom. The Morgan fingerprint density at radius 1 is 0.971 bits per heavy atom. The summed E-state index contributed by atoms with van der Waals surface area (Å²) in [6.07, 6.45) is 0.221. The van der Waals surface area contributed by atoms with Crippen molar-refractivity contribution in [1.29, 1.82) is 5.26 Å². The van der Waals surface area contributed by atoms with E-state index < -0.39 is 21.7 Å². The molecule has 0 saturated heterocycles. The minimum absolute atomic E-state index is 0.00265. The number of carbonyl (C=O) groups is 2. The first-order valence-corrected chi connectivity index (χ1v) is 12.9. The third-order valence-electron chi connectivity index (χ3n) is 5.78. The number of sulfonamides is 1. The minimum Gasteiger partial charge on any atom is -0.328 e. The van der Waals surface area contributed by atoms with Gasteiger partial charge in [0.25, 0.3) is 0 Å². The van der Waals surface area contributed by atoms with Gasteiger partial charge in [0, 0.05) is 32.6 Å². The van der Waals surface area contributed by atoms with Crippen molar-refractivity contribution in [3.8, 4) is 6.07 Å². The maximum absolute atomic E-state index is 12.9. The summed E-state index contributed by atoms with van der Waals surface area (Å²) in [4.78, 5) is 29.1. The Morgan fingerprint density at radius 3 is 2.14 bits per heavy atom. The van der Waals surface area contributed by atoms with Gasteiger partial charge in [-0.25, -0.2) is 8.42 Å². The average Bonchev–Trinajstić information content (AvgIpc) is 3.06. The second-order valence-electron chi connectivity index (χ2n) is 8.29.